The number of ether oxygens (including phenoxy) is 14. The Morgan fingerprint density at radius 2 is 0.881 bits per heavy atom. The number of aliphatic hydroxyl groups is 5. The summed E-state index contributed by atoms with van der Waals surface area (Å²) in [4.78, 5) is 70.2. The fourth-order valence-corrected chi connectivity index (χ4v) is 13.9. The van der Waals surface area contributed by atoms with E-state index in [-0.39, 0.29) is 52.7 Å². The van der Waals surface area contributed by atoms with Crippen LogP contribution < -0.4 is 26.6 Å². The molecule has 5 aliphatic rings. The van der Waals surface area contributed by atoms with Crippen molar-refractivity contribution in [2.75, 3.05) is 33.0 Å². The van der Waals surface area contributed by atoms with Crippen LogP contribution >= 0.6 is 0 Å². The highest BCUT2D eigenvalue weighted by molar-refractivity contribution is 6.74. The second-order valence-corrected chi connectivity index (χ2v) is 33.3. The lowest BCUT2D eigenvalue weighted by Crippen LogP contribution is -2.71. The van der Waals surface area contributed by atoms with E-state index in [4.69, 9.17) is 70.7 Å². The SMILES string of the molecule is CC(C)(C)[Si](C)(C)OC[C@H]1O[C@@H](O[C@@H]2[C@@H](O)[C@H](NC(=O)OCc3ccccc3)C[C@H](NC(=O)OCc3ccccc3)[C@H]2O[C@H]2O[C@@H]3COC(c4ccccc4)O[C@H]3[C@H](O)[C@H]2NC(=O)OCc2ccccc2)[C@H](OCCO)[C@@H]1O[C@H]1O[C@@H](CNC(=O)OCc2ccccc2)[C@@H](O)[C@H](O)[C@H]1NC(=O)OCc1ccccc1. The van der Waals surface area contributed by atoms with E-state index >= 15 is 0 Å². The first-order valence-corrected chi connectivity index (χ1v) is 39.2. The van der Waals surface area contributed by atoms with E-state index in [9.17, 15) is 49.5 Å². The zero-order chi connectivity index (χ0) is 77.0. The standard InChI is InChI=1S/C78H97N5O25Si/c1-78(2,3)109(4,5)101-46-57-66(107-70-58(82-76(92)99-43-50-30-18-9-19-31-50)62(87)61(86)55(102-70)39-79-73(89)96-40-47-24-12-6-13-25-47)68(94-37-36-84)72(104-57)108-67-60(85)53(80-74(90)97-41-48-26-14-7-15-27-48)38-54(81-75(91)98-42-49-28-16-8-17-29-49)64(67)105-71-59(83-77(93)100-44-51-32-20-10-21-33-51)63(88)65-56(103-71)45-95-69(106-65)52-34-22-11-23-35-52/h6-35,53-72,84-88H,36-46H2,1-5H3,(H,79,89)(H,80,90)(H,81,91)(H,82,92)(H,83,93)/t53-,54+,55+,56-,57-,58-,59-,60+,61-,62-,63-,64-,65-,66-,67-,68-,69?,70-,71-,72+/m1/s1. The van der Waals surface area contributed by atoms with E-state index in [1.165, 1.54) is 0 Å². The molecule has 31 heteroatoms. The van der Waals surface area contributed by atoms with Crippen LogP contribution in [-0.4, -0.2) is 214 Å². The Bertz CT molecular complexity index is 3810. The average Bonchev–Trinajstić information content (AvgIpc) is 1.75. The number of hydrogen-bond donors (Lipinski definition) is 10. The first kappa shape index (κ1) is 81.3. The predicted octanol–water partition coefficient (Wildman–Crippen LogP) is 6.78. The van der Waals surface area contributed by atoms with Crippen LogP contribution in [0.15, 0.2) is 182 Å². The molecule has 5 amide bonds. The van der Waals surface area contributed by atoms with Gasteiger partial charge in [0.05, 0.1) is 38.5 Å². The molecule has 11 rings (SSSR count). The van der Waals surface area contributed by atoms with Gasteiger partial charge in [0.15, 0.2) is 33.5 Å². The summed E-state index contributed by atoms with van der Waals surface area (Å²) in [6.45, 7) is 6.97. The van der Waals surface area contributed by atoms with Crippen molar-refractivity contribution in [1.82, 2.24) is 26.6 Å². The van der Waals surface area contributed by atoms with E-state index in [1.807, 2.05) is 39.9 Å². The average molecular weight is 1530 g/mol. The third kappa shape index (κ3) is 22.3. The highest BCUT2D eigenvalue weighted by atomic mass is 28.4. The van der Waals surface area contributed by atoms with Gasteiger partial charge in [0.1, 0.15) is 118 Å². The lowest BCUT2D eigenvalue weighted by atomic mass is 9.83. The molecule has 6 aromatic carbocycles. The maximum atomic E-state index is 14.5. The first-order chi connectivity index (χ1) is 52.6. The van der Waals surface area contributed by atoms with Crippen molar-refractivity contribution in [3.05, 3.63) is 215 Å². The third-order valence-corrected chi connectivity index (χ3v) is 24.3. The molecule has 30 nitrogen and oxygen atoms in total. The fourth-order valence-electron chi connectivity index (χ4n) is 12.9. The van der Waals surface area contributed by atoms with Crippen LogP contribution in [0, 0.1) is 0 Å². The normalized spacial score (nSPS) is 28.9. The molecule has 4 heterocycles. The van der Waals surface area contributed by atoms with Gasteiger partial charge < -0.3 is 123 Å². The molecule has 588 valence electrons. The van der Waals surface area contributed by atoms with Crippen LogP contribution in [0.4, 0.5) is 24.0 Å². The molecule has 0 aromatic heterocycles. The Labute approximate surface area is 632 Å². The Balaban J connectivity index is 0.969. The Morgan fingerprint density at radius 1 is 0.459 bits per heavy atom. The highest BCUT2D eigenvalue weighted by Gasteiger charge is 2.59. The van der Waals surface area contributed by atoms with Crippen LogP contribution in [0.3, 0.4) is 0 Å². The van der Waals surface area contributed by atoms with Gasteiger partial charge in [-0.2, -0.15) is 0 Å². The number of benzene rings is 6. The molecule has 1 aliphatic carbocycles. The topological polar surface area (TPSA) is 385 Å². The fraction of sp³-hybridized carbons (Fsp3) is 0.474. The van der Waals surface area contributed by atoms with Crippen molar-refractivity contribution in [3.8, 4) is 0 Å². The zero-order valence-electron chi connectivity index (χ0n) is 61.0. The summed E-state index contributed by atoms with van der Waals surface area (Å²) in [5, 5.41) is 73.8. The van der Waals surface area contributed by atoms with Crippen LogP contribution in [-0.2, 0) is 104 Å². The zero-order valence-corrected chi connectivity index (χ0v) is 62.0. The molecule has 6 aromatic rings. The number of alkyl carbamates (subject to hydrolysis) is 5. The molecule has 0 bridgehead atoms. The number of hydrogen-bond acceptors (Lipinski definition) is 25. The lowest BCUT2D eigenvalue weighted by Gasteiger charge is -2.51. The number of nitrogens with one attached hydrogen (secondary N) is 5. The molecule has 5 fully saturated rings. The van der Waals surface area contributed by atoms with Gasteiger partial charge in [0.25, 0.3) is 0 Å². The molecule has 109 heavy (non-hydrogen) atoms. The summed E-state index contributed by atoms with van der Waals surface area (Å²) in [5.74, 6) is 0. The van der Waals surface area contributed by atoms with Crippen LogP contribution in [0.2, 0.25) is 18.1 Å². The lowest BCUT2D eigenvalue weighted by molar-refractivity contribution is -0.358. The number of aliphatic hydroxyl groups excluding tert-OH is 5. The Hall–Kier alpha value is -8.71. The molecule has 0 spiro atoms. The van der Waals surface area contributed by atoms with Crippen molar-refractivity contribution in [3.63, 3.8) is 0 Å². The second kappa shape index (κ2) is 38.8. The van der Waals surface area contributed by atoms with E-state index in [0.717, 1.165) is 0 Å². The van der Waals surface area contributed by atoms with Gasteiger partial charge in [-0.25, -0.2) is 24.0 Å². The van der Waals surface area contributed by atoms with Crippen LogP contribution in [0.25, 0.3) is 0 Å². The van der Waals surface area contributed by atoms with E-state index in [2.05, 4.69) is 26.6 Å². The van der Waals surface area contributed by atoms with Crippen molar-refractivity contribution in [2.45, 2.75) is 201 Å². The maximum absolute atomic E-state index is 14.5. The summed E-state index contributed by atoms with van der Waals surface area (Å²) in [7, 11) is -2.80. The smallest absolute Gasteiger partial charge is 0.407 e. The van der Waals surface area contributed by atoms with E-state index in [0.29, 0.717) is 33.4 Å². The number of amides is 5. The molecule has 20 atom stereocenters. The van der Waals surface area contributed by atoms with Crippen LogP contribution in [0.5, 0.6) is 0 Å². The number of carbonyl (C=O) groups is 5. The minimum absolute atomic E-state index is 0.116. The first-order valence-electron chi connectivity index (χ1n) is 36.2. The predicted molar refractivity (Wildman–Crippen MR) is 388 cm³/mol. The molecule has 10 N–H and O–H groups in total. The second-order valence-electron chi connectivity index (χ2n) is 28.5. The van der Waals surface area contributed by atoms with Crippen molar-refractivity contribution >= 4 is 38.8 Å². The van der Waals surface area contributed by atoms with Gasteiger partial charge >= 0.3 is 30.5 Å². The molecular weight excluding hydrogens is 1430 g/mol. The van der Waals surface area contributed by atoms with Crippen molar-refractivity contribution < 1.29 is 120 Å². The number of rotatable bonds is 29. The van der Waals surface area contributed by atoms with E-state index < -0.39 is 186 Å². The molecule has 1 unspecified atom stereocenters. The summed E-state index contributed by atoms with van der Waals surface area (Å²) in [5.41, 5.74) is 3.78. The molecule has 4 saturated heterocycles. The number of carbonyl (C=O) groups excluding carboxylic acids is 5. The maximum Gasteiger partial charge on any atom is 0.407 e. The van der Waals surface area contributed by atoms with Gasteiger partial charge in [0.2, 0.25) is 0 Å². The molecular formula is C78H97N5O25Si. The third-order valence-electron chi connectivity index (χ3n) is 19.8. The summed E-state index contributed by atoms with van der Waals surface area (Å²) >= 11 is 0. The molecule has 0 radical (unpaired) electrons. The Kier molecular flexibility index (Phi) is 28.9. The Morgan fingerprint density at radius 3 is 1.37 bits per heavy atom. The van der Waals surface area contributed by atoms with Crippen LogP contribution in [0.1, 0.15) is 66.9 Å². The van der Waals surface area contributed by atoms with Gasteiger partial charge in [-0.05, 0) is 52.4 Å². The number of fused-ring (bicyclic) bond motifs is 1. The van der Waals surface area contributed by atoms with E-state index in [1.54, 1.807) is 176 Å². The largest absolute Gasteiger partial charge is 0.445 e. The quantitative estimate of drug-likeness (QED) is 0.0171. The summed E-state index contributed by atoms with van der Waals surface area (Å²) in [6.07, 6.45) is -31.1. The highest BCUT2D eigenvalue weighted by Crippen LogP contribution is 2.42. The summed E-state index contributed by atoms with van der Waals surface area (Å²) < 4.78 is 95.8. The van der Waals surface area contributed by atoms with Gasteiger partial charge in [-0.1, -0.05) is 203 Å². The van der Waals surface area contributed by atoms with Gasteiger partial charge in [-0.15, -0.1) is 0 Å². The molecule has 4 aliphatic heterocycles. The minimum Gasteiger partial charge on any atom is -0.445 e. The monoisotopic (exact) mass is 1530 g/mol. The van der Waals surface area contributed by atoms with Crippen molar-refractivity contribution in [2.24, 2.45) is 0 Å². The van der Waals surface area contributed by atoms with Gasteiger partial charge in [-0.3, -0.25) is 0 Å². The van der Waals surface area contributed by atoms with Crippen molar-refractivity contribution in [1.29, 1.82) is 0 Å². The summed E-state index contributed by atoms with van der Waals surface area (Å²) in [6, 6.07) is 46.8. The molecule has 1 saturated carbocycles. The minimum atomic E-state index is -2.80. The van der Waals surface area contributed by atoms with Gasteiger partial charge in [0, 0.05) is 12.1 Å².